The zero-order chi connectivity index (χ0) is 12.4. The average Bonchev–Trinajstić information content (AvgIpc) is 2.83. The summed E-state index contributed by atoms with van der Waals surface area (Å²) in [6, 6.07) is 6.31. The topological polar surface area (TPSA) is 46.5 Å². The van der Waals surface area contributed by atoms with Crippen LogP contribution >= 0.6 is 24.0 Å². The van der Waals surface area contributed by atoms with E-state index in [0.717, 1.165) is 24.4 Å². The van der Waals surface area contributed by atoms with E-state index < -0.39 is 0 Å². The highest BCUT2D eigenvalue weighted by atomic mass is 32.2. The molecule has 94 valence electrons. The highest BCUT2D eigenvalue weighted by Gasteiger charge is 2.21. The predicted octanol–water partition coefficient (Wildman–Crippen LogP) is 3.07. The van der Waals surface area contributed by atoms with E-state index in [0.29, 0.717) is 10.8 Å². The van der Waals surface area contributed by atoms with Crippen molar-refractivity contribution in [2.24, 2.45) is 0 Å². The van der Waals surface area contributed by atoms with Crippen molar-refractivity contribution < 1.29 is 0 Å². The van der Waals surface area contributed by atoms with Crippen molar-refractivity contribution in [2.45, 2.75) is 18.9 Å². The van der Waals surface area contributed by atoms with Gasteiger partial charge in [-0.05, 0) is 48.7 Å². The second kappa shape index (κ2) is 5.24. The largest absolute Gasteiger partial charge is 0.296 e. The number of aromatic nitrogens is 4. The number of aromatic amines is 1. The maximum Gasteiger partial charge on any atom is 0.195 e. The predicted molar refractivity (Wildman–Crippen MR) is 76.2 cm³/mol. The van der Waals surface area contributed by atoms with Crippen molar-refractivity contribution in [1.82, 2.24) is 19.7 Å². The van der Waals surface area contributed by atoms with Gasteiger partial charge in [0.15, 0.2) is 10.6 Å². The van der Waals surface area contributed by atoms with Gasteiger partial charge in [0, 0.05) is 12.2 Å². The summed E-state index contributed by atoms with van der Waals surface area (Å²) in [5, 5.41) is 7.24. The van der Waals surface area contributed by atoms with Crippen LogP contribution in [0.1, 0.15) is 18.9 Å². The van der Waals surface area contributed by atoms with E-state index in [9.17, 15) is 0 Å². The number of pyridine rings is 1. The van der Waals surface area contributed by atoms with Crippen LogP contribution in [0.15, 0.2) is 24.4 Å². The Kier molecular flexibility index (Phi) is 3.47. The van der Waals surface area contributed by atoms with Gasteiger partial charge in [-0.1, -0.05) is 6.07 Å². The van der Waals surface area contributed by atoms with Gasteiger partial charge in [0.05, 0.1) is 0 Å². The molecular weight excluding hydrogens is 264 g/mol. The Morgan fingerprint density at radius 2 is 2.17 bits per heavy atom. The van der Waals surface area contributed by atoms with Crippen LogP contribution in [0.4, 0.5) is 0 Å². The normalized spacial score (nSPS) is 16.9. The van der Waals surface area contributed by atoms with E-state index in [1.807, 2.05) is 30.0 Å². The van der Waals surface area contributed by atoms with Crippen LogP contribution in [0, 0.1) is 4.77 Å². The first-order valence-corrected chi connectivity index (χ1v) is 7.58. The molecule has 0 radical (unpaired) electrons. The van der Waals surface area contributed by atoms with Gasteiger partial charge in [0.1, 0.15) is 5.69 Å². The Morgan fingerprint density at radius 1 is 1.33 bits per heavy atom. The summed E-state index contributed by atoms with van der Waals surface area (Å²) in [5.41, 5.74) is 0.878. The molecule has 3 heterocycles. The van der Waals surface area contributed by atoms with Crippen LogP contribution in [0.5, 0.6) is 0 Å². The fraction of sp³-hybridized carbons (Fsp3) is 0.417. The fourth-order valence-electron chi connectivity index (χ4n) is 2.26. The first-order valence-electron chi connectivity index (χ1n) is 6.02. The number of H-pyrrole nitrogens is 1. The Morgan fingerprint density at radius 3 is 2.89 bits per heavy atom. The van der Waals surface area contributed by atoms with Crippen molar-refractivity contribution in [3.8, 4) is 11.5 Å². The van der Waals surface area contributed by atoms with Crippen LogP contribution in [0.2, 0.25) is 0 Å². The molecule has 0 unspecified atom stereocenters. The van der Waals surface area contributed by atoms with Crippen LogP contribution in [-0.2, 0) is 0 Å². The van der Waals surface area contributed by atoms with Gasteiger partial charge < -0.3 is 0 Å². The van der Waals surface area contributed by atoms with E-state index in [4.69, 9.17) is 12.2 Å². The molecule has 6 heteroatoms. The quantitative estimate of drug-likeness (QED) is 0.858. The van der Waals surface area contributed by atoms with Crippen LogP contribution in [0.25, 0.3) is 11.5 Å². The molecule has 1 aliphatic heterocycles. The number of hydrogen-bond acceptors (Lipinski definition) is 4. The molecule has 2 aromatic heterocycles. The zero-order valence-electron chi connectivity index (χ0n) is 9.87. The summed E-state index contributed by atoms with van der Waals surface area (Å²) in [6.45, 7) is 0. The Hall–Kier alpha value is -1.14. The molecule has 3 rings (SSSR count). The molecule has 0 bridgehead atoms. The SMILES string of the molecule is S=c1[nH]nc(-c2ccccn2)n1C1CCSCC1. The monoisotopic (exact) mass is 278 g/mol. The van der Waals surface area contributed by atoms with E-state index in [1.165, 1.54) is 11.5 Å². The molecule has 1 aliphatic rings. The number of nitrogens with one attached hydrogen (secondary N) is 1. The standard InChI is InChI=1S/C12H14N4S2/c17-12-15-14-11(10-3-1-2-6-13-10)16(12)9-4-7-18-8-5-9/h1-3,6,9H,4-5,7-8H2,(H,15,17). The fourth-order valence-corrected chi connectivity index (χ4v) is 3.63. The molecule has 2 aromatic rings. The van der Waals surface area contributed by atoms with Crippen LogP contribution in [0.3, 0.4) is 0 Å². The highest BCUT2D eigenvalue weighted by molar-refractivity contribution is 7.99. The lowest BCUT2D eigenvalue weighted by molar-refractivity contribution is 0.467. The molecule has 1 fully saturated rings. The van der Waals surface area contributed by atoms with Gasteiger partial charge in [-0.15, -0.1) is 0 Å². The van der Waals surface area contributed by atoms with E-state index >= 15 is 0 Å². The third kappa shape index (κ3) is 2.22. The molecule has 0 aromatic carbocycles. The zero-order valence-corrected chi connectivity index (χ0v) is 11.5. The average molecular weight is 278 g/mol. The molecule has 18 heavy (non-hydrogen) atoms. The smallest absolute Gasteiger partial charge is 0.195 e. The van der Waals surface area contributed by atoms with Crippen molar-refractivity contribution in [3.05, 3.63) is 29.2 Å². The number of rotatable bonds is 2. The molecule has 0 saturated carbocycles. The van der Waals surface area contributed by atoms with Crippen molar-refractivity contribution >= 4 is 24.0 Å². The Labute approximate surface area is 115 Å². The molecule has 1 saturated heterocycles. The molecular formula is C12H14N4S2. The van der Waals surface area contributed by atoms with Gasteiger partial charge >= 0.3 is 0 Å². The van der Waals surface area contributed by atoms with Crippen LogP contribution in [-0.4, -0.2) is 31.3 Å². The molecule has 4 nitrogen and oxygen atoms in total. The molecule has 0 spiro atoms. The summed E-state index contributed by atoms with van der Waals surface area (Å²) < 4.78 is 2.84. The Balaban J connectivity index is 2.03. The third-order valence-electron chi connectivity index (χ3n) is 3.15. The third-order valence-corrected chi connectivity index (χ3v) is 4.49. The lowest BCUT2D eigenvalue weighted by atomic mass is 10.1. The summed E-state index contributed by atoms with van der Waals surface area (Å²) in [6.07, 6.45) is 4.09. The van der Waals surface area contributed by atoms with Gasteiger partial charge in [0.2, 0.25) is 0 Å². The minimum atomic E-state index is 0.453. The maximum absolute atomic E-state index is 5.36. The molecule has 0 aliphatic carbocycles. The molecule has 0 atom stereocenters. The summed E-state index contributed by atoms with van der Waals surface area (Å²) >= 11 is 7.37. The lowest BCUT2D eigenvalue weighted by Gasteiger charge is -2.23. The van der Waals surface area contributed by atoms with Crippen molar-refractivity contribution in [3.63, 3.8) is 0 Å². The highest BCUT2D eigenvalue weighted by Crippen LogP contribution is 2.30. The minimum absolute atomic E-state index is 0.453. The molecule has 1 N–H and O–H groups in total. The summed E-state index contributed by atoms with van der Waals surface area (Å²) in [5.74, 6) is 3.25. The van der Waals surface area contributed by atoms with Gasteiger partial charge in [-0.2, -0.15) is 16.9 Å². The Bertz CT molecular complexity index is 569. The number of hydrogen-bond donors (Lipinski definition) is 1. The van der Waals surface area contributed by atoms with Crippen LogP contribution < -0.4 is 0 Å². The van der Waals surface area contributed by atoms with Gasteiger partial charge in [-0.25, -0.2) is 0 Å². The first-order chi connectivity index (χ1) is 8.86. The number of thioether (sulfide) groups is 1. The maximum atomic E-state index is 5.36. The second-order valence-corrected chi connectivity index (χ2v) is 5.89. The minimum Gasteiger partial charge on any atom is -0.296 e. The van der Waals surface area contributed by atoms with Crippen molar-refractivity contribution in [2.75, 3.05) is 11.5 Å². The first kappa shape index (κ1) is 11.9. The van der Waals surface area contributed by atoms with Gasteiger partial charge in [0.25, 0.3) is 0 Å². The number of nitrogens with zero attached hydrogens (tertiary/aromatic N) is 3. The summed E-state index contributed by atoms with van der Waals surface area (Å²) in [7, 11) is 0. The second-order valence-electron chi connectivity index (χ2n) is 4.28. The van der Waals surface area contributed by atoms with Crippen molar-refractivity contribution in [1.29, 1.82) is 0 Å². The van der Waals surface area contributed by atoms with Gasteiger partial charge in [-0.3, -0.25) is 14.6 Å². The van der Waals surface area contributed by atoms with E-state index in [1.54, 1.807) is 6.20 Å². The lowest BCUT2D eigenvalue weighted by Crippen LogP contribution is -2.16. The van der Waals surface area contributed by atoms with E-state index in [2.05, 4.69) is 19.7 Å². The summed E-state index contributed by atoms with van der Waals surface area (Å²) in [4.78, 5) is 4.36. The molecule has 0 amide bonds. The van der Waals surface area contributed by atoms with E-state index in [-0.39, 0.29) is 0 Å².